The Hall–Kier alpha value is -1.77. The lowest BCUT2D eigenvalue weighted by atomic mass is 9.46. The Balaban J connectivity index is 1.65. The number of hydrogen-bond donors (Lipinski definition) is 0. The average Bonchev–Trinajstić information content (AvgIpc) is 2.94. The molecule has 0 N–H and O–H groups in total. The predicted octanol–water partition coefficient (Wildman–Crippen LogP) is 5.00. The Morgan fingerprint density at radius 2 is 1.83 bits per heavy atom. The van der Waals surface area contributed by atoms with Crippen molar-refractivity contribution in [3.8, 4) is 12.3 Å². The summed E-state index contributed by atoms with van der Waals surface area (Å²) < 4.78 is 43.8. The molecule has 6 heteroatoms. The van der Waals surface area contributed by atoms with Crippen LogP contribution < -0.4 is 0 Å². The van der Waals surface area contributed by atoms with Gasteiger partial charge in [-0.1, -0.05) is 25.3 Å². The molecule has 0 amide bonds. The number of allylic oxidation sites excluding steroid dienone is 1. The summed E-state index contributed by atoms with van der Waals surface area (Å²) in [5.41, 5.74) is -0.952. The number of alkyl halides is 3. The Labute approximate surface area is 169 Å². The molecule has 29 heavy (non-hydrogen) atoms. The summed E-state index contributed by atoms with van der Waals surface area (Å²) in [4.78, 5) is 23.6. The van der Waals surface area contributed by atoms with Crippen LogP contribution in [0.2, 0.25) is 0 Å². The van der Waals surface area contributed by atoms with Crippen LogP contribution in [0.25, 0.3) is 0 Å². The average molecular weight is 408 g/mol. The number of ketones is 1. The number of ether oxygens (including phenoxy) is 1. The highest BCUT2D eigenvalue weighted by Crippen LogP contribution is 2.68. The number of esters is 1. The van der Waals surface area contributed by atoms with Crippen LogP contribution in [-0.4, -0.2) is 23.5 Å². The Bertz CT molecular complexity index is 822. The summed E-state index contributed by atoms with van der Waals surface area (Å²) in [5.74, 6) is 1.33. The van der Waals surface area contributed by atoms with E-state index in [0.29, 0.717) is 31.1 Å². The molecule has 4 rings (SSSR count). The highest BCUT2D eigenvalue weighted by Gasteiger charge is 2.66. The first-order valence-corrected chi connectivity index (χ1v) is 10.5. The second-order valence-corrected chi connectivity index (χ2v) is 9.82. The topological polar surface area (TPSA) is 43.4 Å². The van der Waals surface area contributed by atoms with Crippen LogP contribution in [0, 0.1) is 40.9 Å². The molecule has 0 aromatic heterocycles. The first-order chi connectivity index (χ1) is 13.5. The van der Waals surface area contributed by atoms with E-state index < -0.39 is 23.2 Å². The molecule has 0 aliphatic heterocycles. The van der Waals surface area contributed by atoms with Crippen molar-refractivity contribution in [1.29, 1.82) is 0 Å². The van der Waals surface area contributed by atoms with Gasteiger partial charge in [-0.25, -0.2) is 4.79 Å². The number of fused-ring (bicyclic) bond motifs is 5. The highest BCUT2D eigenvalue weighted by molar-refractivity contribution is 5.91. The van der Waals surface area contributed by atoms with Crippen LogP contribution in [0.1, 0.15) is 65.2 Å². The fourth-order valence-electron chi connectivity index (χ4n) is 7.21. The molecule has 3 saturated carbocycles. The van der Waals surface area contributed by atoms with E-state index in [1.807, 2.05) is 13.0 Å². The summed E-state index contributed by atoms with van der Waals surface area (Å²) in [6.07, 6.45) is 8.06. The summed E-state index contributed by atoms with van der Waals surface area (Å²) in [6, 6.07) is 0. The van der Waals surface area contributed by atoms with Crippen molar-refractivity contribution >= 4 is 11.8 Å². The molecule has 0 saturated heterocycles. The largest absolute Gasteiger partial charge is 0.490 e. The predicted molar refractivity (Wildman–Crippen MR) is 100 cm³/mol. The van der Waals surface area contributed by atoms with Crippen molar-refractivity contribution in [1.82, 2.24) is 0 Å². The Morgan fingerprint density at radius 3 is 2.48 bits per heavy atom. The smallest absolute Gasteiger partial charge is 0.439 e. The van der Waals surface area contributed by atoms with E-state index in [0.717, 1.165) is 25.7 Å². The molecule has 0 aromatic rings. The SMILES string of the molecule is C#C[C@]1(OC(=O)C(F)(F)F)CC[C@H]2[C@@H]3CCC4=CC(=O)CC[C@]4(C)[C@H]3CC[C@@]21C. The van der Waals surface area contributed by atoms with E-state index in [1.165, 1.54) is 5.57 Å². The van der Waals surface area contributed by atoms with Crippen LogP contribution in [0.5, 0.6) is 0 Å². The van der Waals surface area contributed by atoms with E-state index in [-0.39, 0.29) is 23.5 Å². The minimum Gasteiger partial charge on any atom is -0.439 e. The van der Waals surface area contributed by atoms with Crippen molar-refractivity contribution in [2.24, 2.45) is 28.6 Å². The van der Waals surface area contributed by atoms with Gasteiger partial charge in [-0.2, -0.15) is 13.2 Å². The minimum atomic E-state index is -5.05. The molecule has 3 fully saturated rings. The van der Waals surface area contributed by atoms with Gasteiger partial charge >= 0.3 is 12.1 Å². The molecule has 0 heterocycles. The van der Waals surface area contributed by atoms with E-state index in [9.17, 15) is 22.8 Å². The van der Waals surface area contributed by atoms with Crippen molar-refractivity contribution < 1.29 is 27.5 Å². The van der Waals surface area contributed by atoms with Crippen LogP contribution in [0.3, 0.4) is 0 Å². The van der Waals surface area contributed by atoms with Crippen molar-refractivity contribution in [3.05, 3.63) is 11.6 Å². The standard InChI is InChI=1S/C23H27F3O3/c1-4-22(29-19(28)23(24,25)26)12-9-18-16-6-5-14-13-15(27)7-10-20(14,2)17(16)8-11-21(18,22)3/h1,13,16-18H,5-12H2,2-3H3/t16-,17+,18+,20+,21+,22+/m1/s1. The number of halogens is 3. The van der Waals surface area contributed by atoms with Gasteiger partial charge in [-0.15, -0.1) is 6.42 Å². The summed E-state index contributed by atoms with van der Waals surface area (Å²) >= 11 is 0. The third-order valence-electron chi connectivity index (χ3n) is 8.81. The third-order valence-corrected chi connectivity index (χ3v) is 8.81. The lowest BCUT2D eigenvalue weighted by Gasteiger charge is -2.58. The molecule has 158 valence electrons. The van der Waals surface area contributed by atoms with E-state index >= 15 is 0 Å². The van der Waals surface area contributed by atoms with Gasteiger partial charge in [0.15, 0.2) is 11.4 Å². The van der Waals surface area contributed by atoms with Crippen molar-refractivity contribution in [2.75, 3.05) is 0 Å². The van der Waals surface area contributed by atoms with Gasteiger partial charge in [0.1, 0.15) is 0 Å². The number of carbonyl (C=O) groups excluding carboxylic acids is 2. The van der Waals surface area contributed by atoms with Crippen molar-refractivity contribution in [3.63, 3.8) is 0 Å². The number of rotatable bonds is 1. The van der Waals surface area contributed by atoms with Gasteiger partial charge in [-0.05, 0) is 74.2 Å². The molecular formula is C23H27F3O3. The second-order valence-electron chi connectivity index (χ2n) is 9.82. The summed E-state index contributed by atoms with van der Waals surface area (Å²) in [6.45, 7) is 4.17. The van der Waals surface area contributed by atoms with Gasteiger partial charge in [0.05, 0.1) is 0 Å². The van der Waals surface area contributed by atoms with E-state index in [2.05, 4.69) is 12.8 Å². The maximum absolute atomic E-state index is 12.9. The molecule has 0 bridgehead atoms. The van der Waals surface area contributed by atoms with Crippen molar-refractivity contribution in [2.45, 2.75) is 77.0 Å². The zero-order valence-corrected chi connectivity index (χ0v) is 16.9. The molecule has 0 radical (unpaired) electrons. The lowest BCUT2D eigenvalue weighted by molar-refractivity contribution is -0.220. The van der Waals surface area contributed by atoms with E-state index in [1.54, 1.807) is 0 Å². The first kappa shape index (κ1) is 20.5. The third kappa shape index (κ3) is 2.79. The molecule has 0 spiro atoms. The normalized spacial score (nSPS) is 44.1. The first-order valence-electron chi connectivity index (χ1n) is 10.5. The minimum absolute atomic E-state index is 0.0256. The maximum atomic E-state index is 12.9. The molecule has 4 aliphatic carbocycles. The fourth-order valence-corrected chi connectivity index (χ4v) is 7.21. The van der Waals surface area contributed by atoms with Gasteiger partial charge in [0.2, 0.25) is 0 Å². The van der Waals surface area contributed by atoms with Crippen LogP contribution in [-0.2, 0) is 14.3 Å². The second kappa shape index (κ2) is 6.36. The number of carbonyl (C=O) groups is 2. The highest BCUT2D eigenvalue weighted by atomic mass is 19.4. The molecule has 6 atom stereocenters. The summed E-state index contributed by atoms with van der Waals surface area (Å²) in [7, 11) is 0. The van der Waals surface area contributed by atoms with Crippen LogP contribution in [0.4, 0.5) is 13.2 Å². The molecular weight excluding hydrogens is 381 g/mol. The van der Waals surface area contributed by atoms with E-state index in [4.69, 9.17) is 11.2 Å². The maximum Gasteiger partial charge on any atom is 0.490 e. The zero-order chi connectivity index (χ0) is 21.2. The molecule has 0 unspecified atom stereocenters. The van der Waals surface area contributed by atoms with Gasteiger partial charge in [0, 0.05) is 11.8 Å². The number of terminal acetylenes is 1. The van der Waals surface area contributed by atoms with Crippen LogP contribution >= 0.6 is 0 Å². The zero-order valence-electron chi connectivity index (χ0n) is 16.9. The van der Waals surface area contributed by atoms with Gasteiger partial charge in [0.25, 0.3) is 0 Å². The lowest BCUT2D eigenvalue weighted by Crippen LogP contribution is -2.56. The summed E-state index contributed by atoms with van der Waals surface area (Å²) in [5, 5.41) is 0. The monoisotopic (exact) mass is 408 g/mol. The van der Waals surface area contributed by atoms with Crippen LogP contribution in [0.15, 0.2) is 11.6 Å². The quantitative estimate of drug-likeness (QED) is 0.453. The molecule has 4 aliphatic rings. The fraction of sp³-hybridized carbons (Fsp3) is 0.739. The van der Waals surface area contributed by atoms with Gasteiger partial charge < -0.3 is 4.74 Å². The number of hydrogen-bond acceptors (Lipinski definition) is 3. The molecule has 0 aromatic carbocycles. The molecule has 3 nitrogen and oxygen atoms in total. The Morgan fingerprint density at radius 1 is 1.14 bits per heavy atom. The van der Waals surface area contributed by atoms with Gasteiger partial charge in [-0.3, -0.25) is 4.79 Å². The Kier molecular flexibility index (Phi) is 4.50.